The number of pyridine rings is 1. The van der Waals surface area contributed by atoms with Gasteiger partial charge >= 0.3 is 5.97 Å². The SMILES string of the molecule is COC(=O)c1ccc(CN2CCC(c3c[nH]c4ncccc34)CC2)o1. The minimum absolute atomic E-state index is 0.263. The molecule has 0 radical (unpaired) electrons. The number of methoxy groups -OCH3 is 1. The zero-order valence-corrected chi connectivity index (χ0v) is 14.2. The van der Waals surface area contributed by atoms with E-state index in [9.17, 15) is 4.79 Å². The number of aromatic amines is 1. The first-order valence-corrected chi connectivity index (χ1v) is 8.56. The Morgan fingerprint density at radius 1 is 1.36 bits per heavy atom. The van der Waals surface area contributed by atoms with Gasteiger partial charge in [-0.2, -0.15) is 0 Å². The monoisotopic (exact) mass is 339 g/mol. The fraction of sp³-hybridized carbons (Fsp3) is 0.368. The lowest BCUT2D eigenvalue weighted by atomic mass is 9.89. The van der Waals surface area contributed by atoms with Crippen LogP contribution in [0.25, 0.3) is 11.0 Å². The Balaban J connectivity index is 1.38. The first-order chi connectivity index (χ1) is 12.2. The number of hydrogen-bond donors (Lipinski definition) is 1. The average Bonchev–Trinajstić information content (AvgIpc) is 3.29. The van der Waals surface area contributed by atoms with Crippen LogP contribution in [0.15, 0.2) is 41.1 Å². The lowest BCUT2D eigenvalue weighted by Crippen LogP contribution is -2.32. The van der Waals surface area contributed by atoms with Crippen molar-refractivity contribution in [3.8, 4) is 0 Å². The maximum Gasteiger partial charge on any atom is 0.373 e. The number of carbonyl (C=O) groups excluding carboxylic acids is 1. The highest BCUT2D eigenvalue weighted by Gasteiger charge is 2.24. The summed E-state index contributed by atoms with van der Waals surface area (Å²) in [4.78, 5) is 21.5. The van der Waals surface area contributed by atoms with Crippen LogP contribution in [0.4, 0.5) is 0 Å². The number of rotatable bonds is 4. The standard InChI is InChI=1S/C19H21N3O3/c1-24-19(23)17-5-4-14(25-17)12-22-9-6-13(7-10-22)16-11-21-18-15(16)3-2-8-20-18/h2-5,8,11,13H,6-7,9-10,12H2,1H3,(H,20,21). The van der Waals surface area contributed by atoms with Crippen LogP contribution >= 0.6 is 0 Å². The van der Waals surface area contributed by atoms with E-state index in [0.717, 1.165) is 43.9 Å². The molecule has 4 heterocycles. The summed E-state index contributed by atoms with van der Waals surface area (Å²) in [6, 6.07) is 7.65. The molecule has 0 amide bonds. The molecule has 4 rings (SSSR count). The van der Waals surface area contributed by atoms with E-state index in [1.54, 1.807) is 6.07 Å². The van der Waals surface area contributed by atoms with Crippen molar-refractivity contribution in [1.82, 2.24) is 14.9 Å². The Morgan fingerprint density at radius 3 is 3.00 bits per heavy atom. The van der Waals surface area contributed by atoms with Gasteiger partial charge in [0.1, 0.15) is 11.4 Å². The van der Waals surface area contributed by atoms with E-state index in [2.05, 4.69) is 31.9 Å². The van der Waals surface area contributed by atoms with Gasteiger partial charge in [0.25, 0.3) is 0 Å². The summed E-state index contributed by atoms with van der Waals surface area (Å²) in [5.41, 5.74) is 2.33. The van der Waals surface area contributed by atoms with E-state index in [-0.39, 0.29) is 5.76 Å². The van der Waals surface area contributed by atoms with Crippen LogP contribution in [0, 0.1) is 0 Å². The molecule has 3 aromatic rings. The number of hydrogen-bond acceptors (Lipinski definition) is 5. The molecule has 0 atom stereocenters. The van der Waals surface area contributed by atoms with Crippen molar-refractivity contribution < 1.29 is 13.9 Å². The molecule has 0 unspecified atom stereocenters. The molecule has 1 aliphatic heterocycles. The van der Waals surface area contributed by atoms with Crippen molar-refractivity contribution in [2.75, 3.05) is 20.2 Å². The topological polar surface area (TPSA) is 71.4 Å². The first kappa shape index (κ1) is 15.9. The number of carbonyl (C=O) groups is 1. The van der Waals surface area contributed by atoms with Gasteiger partial charge in [-0.3, -0.25) is 4.90 Å². The second kappa shape index (κ2) is 6.72. The molecule has 0 bridgehead atoms. The molecule has 1 N–H and O–H groups in total. The lowest BCUT2D eigenvalue weighted by molar-refractivity contribution is 0.0560. The van der Waals surface area contributed by atoms with Crippen molar-refractivity contribution in [2.24, 2.45) is 0 Å². The number of H-pyrrole nitrogens is 1. The Bertz CT molecular complexity index is 875. The van der Waals surface area contributed by atoms with Crippen molar-refractivity contribution in [1.29, 1.82) is 0 Å². The van der Waals surface area contributed by atoms with Crippen LogP contribution in [0.2, 0.25) is 0 Å². The molecular weight excluding hydrogens is 318 g/mol. The smallest absolute Gasteiger partial charge is 0.373 e. The first-order valence-electron chi connectivity index (χ1n) is 8.56. The molecule has 0 aliphatic carbocycles. The molecule has 0 saturated carbocycles. The van der Waals surface area contributed by atoms with Crippen LogP contribution in [0.5, 0.6) is 0 Å². The van der Waals surface area contributed by atoms with Crippen LogP contribution in [0.1, 0.15) is 40.6 Å². The van der Waals surface area contributed by atoms with E-state index in [1.165, 1.54) is 18.1 Å². The highest BCUT2D eigenvalue weighted by Crippen LogP contribution is 2.33. The third-order valence-corrected chi connectivity index (χ3v) is 4.94. The molecular formula is C19H21N3O3. The maximum absolute atomic E-state index is 11.5. The highest BCUT2D eigenvalue weighted by molar-refractivity contribution is 5.86. The van der Waals surface area contributed by atoms with Gasteiger partial charge in [-0.15, -0.1) is 0 Å². The van der Waals surface area contributed by atoms with Crippen molar-refractivity contribution in [3.05, 3.63) is 53.7 Å². The summed E-state index contributed by atoms with van der Waals surface area (Å²) < 4.78 is 10.2. The largest absolute Gasteiger partial charge is 0.463 e. The summed E-state index contributed by atoms with van der Waals surface area (Å²) in [6.45, 7) is 2.73. The predicted octanol–water partition coefficient (Wildman–Crippen LogP) is 3.32. The second-order valence-corrected chi connectivity index (χ2v) is 6.45. The van der Waals surface area contributed by atoms with Gasteiger partial charge in [-0.25, -0.2) is 9.78 Å². The van der Waals surface area contributed by atoms with Gasteiger partial charge in [-0.05, 0) is 61.7 Å². The van der Waals surface area contributed by atoms with Gasteiger partial charge in [-0.1, -0.05) is 0 Å². The van der Waals surface area contributed by atoms with Gasteiger partial charge in [0, 0.05) is 17.8 Å². The number of fused-ring (bicyclic) bond motifs is 1. The van der Waals surface area contributed by atoms with Crippen LogP contribution in [0.3, 0.4) is 0 Å². The molecule has 1 saturated heterocycles. The minimum Gasteiger partial charge on any atom is -0.463 e. The summed E-state index contributed by atoms with van der Waals surface area (Å²) in [6.07, 6.45) is 6.13. The fourth-order valence-electron chi connectivity index (χ4n) is 3.61. The predicted molar refractivity (Wildman–Crippen MR) is 93.4 cm³/mol. The number of esters is 1. The molecule has 6 heteroatoms. The van der Waals surface area contributed by atoms with Crippen molar-refractivity contribution >= 4 is 17.0 Å². The summed E-state index contributed by atoms with van der Waals surface area (Å²) in [5, 5.41) is 1.23. The van der Waals surface area contributed by atoms with Gasteiger partial charge in [0.15, 0.2) is 0 Å². The Hall–Kier alpha value is -2.60. The number of likely N-dealkylation sites (tertiary alicyclic amines) is 1. The molecule has 130 valence electrons. The molecule has 25 heavy (non-hydrogen) atoms. The maximum atomic E-state index is 11.5. The number of nitrogens with zero attached hydrogens (tertiary/aromatic N) is 2. The molecule has 1 aliphatic rings. The Morgan fingerprint density at radius 2 is 2.20 bits per heavy atom. The van der Waals surface area contributed by atoms with E-state index in [1.807, 2.05) is 18.3 Å². The summed E-state index contributed by atoms with van der Waals surface area (Å²) >= 11 is 0. The Kier molecular flexibility index (Phi) is 4.28. The number of aromatic nitrogens is 2. The number of nitrogens with one attached hydrogen (secondary N) is 1. The van der Waals surface area contributed by atoms with Gasteiger partial charge in [0.2, 0.25) is 5.76 Å². The normalized spacial score (nSPS) is 16.4. The van der Waals surface area contributed by atoms with Gasteiger partial charge in [0.05, 0.1) is 13.7 Å². The number of ether oxygens (including phenoxy) is 1. The zero-order chi connectivity index (χ0) is 17.2. The molecule has 6 nitrogen and oxygen atoms in total. The third-order valence-electron chi connectivity index (χ3n) is 4.94. The molecule has 3 aromatic heterocycles. The molecule has 1 fully saturated rings. The zero-order valence-electron chi connectivity index (χ0n) is 14.2. The number of piperidine rings is 1. The van der Waals surface area contributed by atoms with Gasteiger partial charge < -0.3 is 14.1 Å². The van der Waals surface area contributed by atoms with Crippen molar-refractivity contribution in [3.63, 3.8) is 0 Å². The van der Waals surface area contributed by atoms with E-state index in [4.69, 9.17) is 4.42 Å². The summed E-state index contributed by atoms with van der Waals surface area (Å²) in [7, 11) is 1.36. The molecule has 0 aromatic carbocycles. The highest BCUT2D eigenvalue weighted by atomic mass is 16.5. The van der Waals surface area contributed by atoms with E-state index >= 15 is 0 Å². The molecule has 0 spiro atoms. The Labute approximate surface area is 145 Å². The fourth-order valence-corrected chi connectivity index (χ4v) is 3.61. The van der Waals surface area contributed by atoms with Crippen molar-refractivity contribution in [2.45, 2.75) is 25.3 Å². The minimum atomic E-state index is -0.432. The number of furan rings is 1. The third kappa shape index (κ3) is 3.17. The summed E-state index contributed by atoms with van der Waals surface area (Å²) in [5.74, 6) is 1.18. The van der Waals surface area contributed by atoms with Crippen LogP contribution < -0.4 is 0 Å². The average molecular weight is 339 g/mol. The second-order valence-electron chi connectivity index (χ2n) is 6.45. The quantitative estimate of drug-likeness (QED) is 0.738. The van der Waals surface area contributed by atoms with Crippen LogP contribution in [-0.2, 0) is 11.3 Å². The van der Waals surface area contributed by atoms with E-state index < -0.39 is 5.97 Å². The lowest BCUT2D eigenvalue weighted by Gasteiger charge is -2.31. The van der Waals surface area contributed by atoms with E-state index in [0.29, 0.717) is 5.92 Å². The van der Waals surface area contributed by atoms with Crippen LogP contribution in [-0.4, -0.2) is 41.0 Å².